The Morgan fingerprint density at radius 1 is 0.769 bits per heavy atom. The Bertz CT molecular complexity index is 1680. The average Bonchev–Trinajstić information content (AvgIpc) is 3.48. The highest BCUT2D eigenvalue weighted by molar-refractivity contribution is 5.79. The molecule has 1 aliphatic heterocycles. The quantitative estimate of drug-likeness (QED) is 0.290. The molecule has 4 aliphatic rings. The van der Waals surface area contributed by atoms with Crippen molar-refractivity contribution >= 4 is 11.3 Å². The minimum absolute atomic E-state index is 0.00460. The second-order valence-corrected chi connectivity index (χ2v) is 11.2. The average molecular weight is 507 g/mol. The minimum atomic E-state index is 0.00460. The van der Waals surface area contributed by atoms with Gasteiger partial charge in [-0.1, -0.05) is 109 Å². The van der Waals surface area contributed by atoms with Crippen LogP contribution in [0.5, 0.6) is 0 Å². The third-order valence-corrected chi connectivity index (χ3v) is 8.92. The zero-order chi connectivity index (χ0) is 25.9. The first-order valence-electron chi connectivity index (χ1n) is 14.0. The lowest BCUT2D eigenvalue weighted by molar-refractivity contribution is 0.428. The zero-order valence-electron chi connectivity index (χ0n) is 21.8. The molecule has 3 atom stereocenters. The van der Waals surface area contributed by atoms with Crippen LogP contribution < -0.4 is 4.90 Å². The van der Waals surface area contributed by atoms with Gasteiger partial charge in [0.2, 0.25) is 0 Å². The van der Waals surface area contributed by atoms with Gasteiger partial charge in [0.1, 0.15) is 0 Å². The summed E-state index contributed by atoms with van der Waals surface area (Å²) in [6.45, 7) is 0. The molecule has 4 heteroatoms. The van der Waals surface area contributed by atoms with E-state index < -0.39 is 0 Å². The number of rotatable bonds is 4. The highest BCUT2D eigenvalue weighted by Gasteiger charge is 2.63. The van der Waals surface area contributed by atoms with Crippen LogP contribution >= 0.6 is 0 Å². The van der Waals surface area contributed by atoms with Crippen LogP contribution in [0.1, 0.15) is 30.7 Å². The lowest BCUT2D eigenvalue weighted by Gasteiger charge is -2.44. The van der Waals surface area contributed by atoms with Crippen molar-refractivity contribution in [3.63, 3.8) is 0 Å². The van der Waals surface area contributed by atoms with Crippen molar-refractivity contribution in [1.82, 2.24) is 14.8 Å². The lowest BCUT2D eigenvalue weighted by Crippen LogP contribution is -2.52. The van der Waals surface area contributed by atoms with Gasteiger partial charge in [-0.05, 0) is 43.0 Å². The van der Waals surface area contributed by atoms with Gasteiger partial charge in [-0.2, -0.15) is 0 Å². The van der Waals surface area contributed by atoms with E-state index in [1.165, 1.54) is 11.3 Å². The largest absolute Gasteiger partial charge is 0.352 e. The fraction of sp³-hybridized carbons (Fsp3) is 0.200. The Labute approximate surface area is 229 Å². The van der Waals surface area contributed by atoms with Crippen LogP contribution in [0.3, 0.4) is 0 Å². The molecule has 0 radical (unpaired) electrons. The van der Waals surface area contributed by atoms with Crippen molar-refractivity contribution in [2.75, 3.05) is 4.90 Å². The first-order valence-corrected chi connectivity index (χ1v) is 14.0. The van der Waals surface area contributed by atoms with Crippen LogP contribution in [0.2, 0.25) is 0 Å². The van der Waals surface area contributed by atoms with Gasteiger partial charge in [-0.15, -0.1) is 10.2 Å². The minimum Gasteiger partial charge on any atom is -0.352 e. The molecule has 4 aromatic rings. The lowest BCUT2D eigenvalue weighted by atomic mass is 9.86. The topological polar surface area (TPSA) is 34.0 Å². The fourth-order valence-electron chi connectivity index (χ4n) is 7.07. The van der Waals surface area contributed by atoms with E-state index in [0.29, 0.717) is 5.92 Å². The number of hydrogen-bond donors (Lipinski definition) is 0. The van der Waals surface area contributed by atoms with E-state index >= 15 is 0 Å². The van der Waals surface area contributed by atoms with Crippen molar-refractivity contribution in [2.24, 2.45) is 5.92 Å². The summed E-state index contributed by atoms with van der Waals surface area (Å²) < 4.78 is 2.20. The first-order chi connectivity index (χ1) is 19.3. The molecule has 3 aromatic carbocycles. The molecule has 0 N–H and O–H groups in total. The molecule has 0 saturated heterocycles. The molecule has 0 amide bonds. The van der Waals surface area contributed by atoms with E-state index in [0.717, 1.165) is 54.2 Å². The molecule has 190 valence electrons. The zero-order valence-corrected chi connectivity index (χ0v) is 21.8. The molecule has 1 spiro atoms. The molecule has 8 rings (SSSR count). The molecular formula is C35H30N4. The van der Waals surface area contributed by atoms with E-state index in [1.807, 2.05) is 6.07 Å². The Hall–Kier alpha value is -4.44. The summed E-state index contributed by atoms with van der Waals surface area (Å²) in [5.74, 6) is 2.19. The van der Waals surface area contributed by atoms with E-state index in [4.69, 9.17) is 10.2 Å². The third kappa shape index (κ3) is 3.44. The Morgan fingerprint density at radius 2 is 1.54 bits per heavy atom. The van der Waals surface area contributed by atoms with Crippen LogP contribution in [0.4, 0.5) is 5.69 Å². The van der Waals surface area contributed by atoms with E-state index in [2.05, 4.69) is 131 Å². The fourth-order valence-corrected chi connectivity index (χ4v) is 7.07. The number of hydrogen-bond acceptors (Lipinski definition) is 3. The predicted octanol–water partition coefficient (Wildman–Crippen LogP) is 7.35. The van der Waals surface area contributed by atoms with Crippen molar-refractivity contribution in [3.8, 4) is 17.1 Å². The Morgan fingerprint density at radius 3 is 2.38 bits per heavy atom. The number of aromatic nitrogens is 3. The predicted molar refractivity (Wildman–Crippen MR) is 158 cm³/mol. The number of allylic oxidation sites excluding steroid dienone is 5. The molecule has 3 unspecified atom stereocenters. The molecule has 2 heterocycles. The number of para-hydroxylation sites is 2. The second-order valence-electron chi connectivity index (χ2n) is 11.2. The molecule has 1 aromatic heterocycles. The van der Waals surface area contributed by atoms with Gasteiger partial charge in [-0.25, -0.2) is 0 Å². The highest BCUT2D eigenvalue weighted by atomic mass is 15.3. The number of benzene rings is 3. The smallest absolute Gasteiger partial charge is 0.168 e. The van der Waals surface area contributed by atoms with Gasteiger partial charge in [-0.3, -0.25) is 4.57 Å². The van der Waals surface area contributed by atoms with Gasteiger partial charge >= 0.3 is 0 Å². The molecule has 39 heavy (non-hydrogen) atoms. The van der Waals surface area contributed by atoms with Crippen LogP contribution in [-0.4, -0.2) is 25.8 Å². The molecule has 3 aliphatic carbocycles. The maximum Gasteiger partial charge on any atom is 0.168 e. The summed E-state index contributed by atoms with van der Waals surface area (Å²) in [7, 11) is 0. The summed E-state index contributed by atoms with van der Waals surface area (Å²) in [4.78, 5) is 2.77. The number of fused-ring (bicyclic) bond motifs is 2. The number of anilines is 1. The van der Waals surface area contributed by atoms with Crippen molar-refractivity contribution in [3.05, 3.63) is 139 Å². The van der Waals surface area contributed by atoms with Crippen LogP contribution in [0.15, 0.2) is 127 Å². The van der Waals surface area contributed by atoms with E-state index in [9.17, 15) is 0 Å². The second kappa shape index (κ2) is 8.54. The van der Waals surface area contributed by atoms with Crippen molar-refractivity contribution < 1.29 is 0 Å². The van der Waals surface area contributed by atoms with Crippen LogP contribution in [0.25, 0.3) is 22.6 Å². The monoisotopic (exact) mass is 506 g/mol. The molecule has 4 nitrogen and oxygen atoms in total. The maximum atomic E-state index is 4.76. The van der Waals surface area contributed by atoms with Crippen LogP contribution in [0, 0.1) is 5.92 Å². The molecule has 0 bridgehead atoms. The SMILES string of the molecule is C1=CCCC2(C=C1)Cc1ccccc1N2C12C=CC(c3nnc(-c4ccccc4)n3-c3ccccc3)=CC1C2. The normalized spacial score (nSPS) is 26.3. The van der Waals surface area contributed by atoms with Gasteiger partial charge in [0, 0.05) is 34.9 Å². The standard InChI is InChI=1S/C35H30N4/c1-2-12-21-34(20-11-1)24-28-15-9-10-18-31(28)39(34)35-22-19-27(23-29(35)25-35)33-37-36-32(26-13-5-3-6-14-26)38(33)30-16-7-4-8-17-30/h1-11,13-20,22-23,29H,12,21,24-25H2. The Kier molecular flexibility index (Phi) is 4.93. The van der Waals surface area contributed by atoms with E-state index in [-0.39, 0.29) is 11.1 Å². The summed E-state index contributed by atoms with van der Waals surface area (Å²) in [6, 6.07) is 29.8. The molecular weight excluding hydrogens is 476 g/mol. The summed E-state index contributed by atoms with van der Waals surface area (Å²) in [6.07, 6.45) is 20.9. The van der Waals surface area contributed by atoms with Gasteiger partial charge < -0.3 is 4.90 Å². The first kappa shape index (κ1) is 22.5. The number of nitrogens with zero attached hydrogens (tertiary/aromatic N) is 4. The molecule has 1 saturated carbocycles. The Balaban J connectivity index is 1.21. The van der Waals surface area contributed by atoms with Crippen LogP contribution in [-0.2, 0) is 6.42 Å². The van der Waals surface area contributed by atoms with Gasteiger partial charge in [0.05, 0.1) is 11.1 Å². The molecule has 1 fully saturated rings. The van der Waals surface area contributed by atoms with E-state index in [1.54, 1.807) is 0 Å². The third-order valence-electron chi connectivity index (χ3n) is 8.92. The maximum absolute atomic E-state index is 4.76. The summed E-state index contributed by atoms with van der Waals surface area (Å²) in [5, 5.41) is 9.45. The van der Waals surface area contributed by atoms with Gasteiger partial charge in [0.15, 0.2) is 11.6 Å². The van der Waals surface area contributed by atoms with Gasteiger partial charge in [0.25, 0.3) is 0 Å². The highest BCUT2D eigenvalue weighted by Crippen LogP contribution is 2.61. The summed E-state index contributed by atoms with van der Waals surface area (Å²) >= 11 is 0. The van der Waals surface area contributed by atoms with Crippen molar-refractivity contribution in [1.29, 1.82) is 0 Å². The van der Waals surface area contributed by atoms with Crippen molar-refractivity contribution in [2.45, 2.75) is 36.8 Å². The summed E-state index contributed by atoms with van der Waals surface area (Å²) in [5.41, 5.74) is 6.15.